The summed E-state index contributed by atoms with van der Waals surface area (Å²) in [5, 5.41) is 2.87. The van der Waals surface area contributed by atoms with Crippen LogP contribution in [0.25, 0.3) is 0 Å². The first kappa shape index (κ1) is 18.8. The summed E-state index contributed by atoms with van der Waals surface area (Å²) < 4.78 is 11.4. The van der Waals surface area contributed by atoms with Crippen molar-refractivity contribution in [3.05, 3.63) is 59.7 Å². The fourth-order valence-corrected chi connectivity index (χ4v) is 2.38. The first-order valence-electron chi connectivity index (χ1n) is 8.85. The zero-order valence-corrected chi connectivity index (χ0v) is 15.2. The maximum Gasteiger partial charge on any atom is 0.261 e. The minimum Gasteiger partial charge on any atom is -0.492 e. The van der Waals surface area contributed by atoms with Crippen molar-refractivity contribution in [3.8, 4) is 11.5 Å². The highest BCUT2D eigenvalue weighted by molar-refractivity contribution is 5.81. The van der Waals surface area contributed by atoms with Crippen LogP contribution in [-0.2, 0) is 11.2 Å². The first-order chi connectivity index (χ1) is 12.1. The van der Waals surface area contributed by atoms with Gasteiger partial charge in [0.05, 0.1) is 6.54 Å². The van der Waals surface area contributed by atoms with E-state index in [0.29, 0.717) is 19.6 Å². The third kappa shape index (κ3) is 6.14. The van der Waals surface area contributed by atoms with Gasteiger partial charge in [-0.25, -0.2) is 0 Å². The number of amides is 1. The van der Waals surface area contributed by atoms with E-state index in [2.05, 4.69) is 12.2 Å². The van der Waals surface area contributed by atoms with Crippen LogP contribution in [0.5, 0.6) is 11.5 Å². The largest absolute Gasteiger partial charge is 0.492 e. The summed E-state index contributed by atoms with van der Waals surface area (Å²) >= 11 is 0. The molecule has 0 spiro atoms. The average Bonchev–Trinajstić information content (AvgIpc) is 2.65. The highest BCUT2D eigenvalue weighted by Crippen LogP contribution is 2.15. The second-order valence-corrected chi connectivity index (χ2v) is 5.96. The lowest BCUT2D eigenvalue weighted by molar-refractivity contribution is -0.128. The van der Waals surface area contributed by atoms with Crippen molar-refractivity contribution in [2.45, 2.75) is 39.7 Å². The minimum atomic E-state index is -0.494. The van der Waals surface area contributed by atoms with Crippen LogP contribution in [-0.4, -0.2) is 25.2 Å². The van der Waals surface area contributed by atoms with Crippen LogP contribution in [0.1, 0.15) is 31.4 Å². The van der Waals surface area contributed by atoms with Gasteiger partial charge in [-0.1, -0.05) is 43.7 Å². The zero-order chi connectivity index (χ0) is 18.1. The van der Waals surface area contributed by atoms with Crippen molar-refractivity contribution < 1.29 is 14.3 Å². The Morgan fingerprint density at radius 2 is 1.64 bits per heavy atom. The van der Waals surface area contributed by atoms with Gasteiger partial charge in [-0.2, -0.15) is 0 Å². The van der Waals surface area contributed by atoms with Crippen molar-refractivity contribution in [2.24, 2.45) is 0 Å². The lowest BCUT2D eigenvalue weighted by Gasteiger charge is -2.17. The lowest BCUT2D eigenvalue weighted by atomic mass is 10.2. The predicted octanol–water partition coefficient (Wildman–Crippen LogP) is 3.91. The standard InChI is InChI=1S/C21H27NO3/c1-4-17-8-12-19(13-9-17)25-20(5-2)21(23)22-14-15-24-18-10-6-16(3)7-11-18/h6-13,20H,4-5,14-15H2,1-3H3,(H,22,23)/t20-/m1/s1. The molecule has 0 aliphatic heterocycles. The van der Waals surface area contributed by atoms with Crippen LogP contribution in [0, 0.1) is 6.92 Å². The van der Waals surface area contributed by atoms with Crippen LogP contribution < -0.4 is 14.8 Å². The third-order valence-corrected chi connectivity index (χ3v) is 3.96. The molecule has 1 amide bonds. The summed E-state index contributed by atoms with van der Waals surface area (Å²) in [6.45, 7) is 6.95. The third-order valence-electron chi connectivity index (χ3n) is 3.96. The van der Waals surface area contributed by atoms with E-state index in [9.17, 15) is 4.79 Å². The van der Waals surface area contributed by atoms with E-state index in [1.165, 1.54) is 11.1 Å². The number of ether oxygens (including phenoxy) is 2. The van der Waals surface area contributed by atoms with Crippen LogP contribution in [0.15, 0.2) is 48.5 Å². The van der Waals surface area contributed by atoms with Gasteiger partial charge in [-0.3, -0.25) is 4.79 Å². The van der Waals surface area contributed by atoms with Crippen LogP contribution in [0.4, 0.5) is 0 Å². The summed E-state index contributed by atoms with van der Waals surface area (Å²) in [7, 11) is 0. The molecule has 0 saturated carbocycles. The predicted molar refractivity (Wildman–Crippen MR) is 100 cm³/mol. The molecule has 0 unspecified atom stereocenters. The number of nitrogens with one attached hydrogen (secondary N) is 1. The maximum atomic E-state index is 12.3. The second-order valence-electron chi connectivity index (χ2n) is 5.96. The Hall–Kier alpha value is -2.49. The smallest absolute Gasteiger partial charge is 0.261 e. The fourth-order valence-electron chi connectivity index (χ4n) is 2.38. The Balaban J connectivity index is 1.75. The van der Waals surface area contributed by atoms with E-state index in [1.807, 2.05) is 62.4 Å². The van der Waals surface area contributed by atoms with E-state index >= 15 is 0 Å². The van der Waals surface area contributed by atoms with E-state index < -0.39 is 6.10 Å². The van der Waals surface area contributed by atoms with Crippen LogP contribution in [0.3, 0.4) is 0 Å². The van der Waals surface area contributed by atoms with Crippen molar-refractivity contribution in [2.75, 3.05) is 13.2 Å². The molecule has 0 aromatic heterocycles. The molecule has 0 radical (unpaired) electrons. The van der Waals surface area contributed by atoms with Gasteiger partial charge in [0.25, 0.3) is 5.91 Å². The number of carbonyl (C=O) groups is 1. The summed E-state index contributed by atoms with van der Waals surface area (Å²) in [5.74, 6) is 1.41. The highest BCUT2D eigenvalue weighted by Gasteiger charge is 2.17. The molecule has 134 valence electrons. The van der Waals surface area contributed by atoms with Gasteiger partial charge in [-0.15, -0.1) is 0 Å². The van der Waals surface area contributed by atoms with E-state index in [-0.39, 0.29) is 5.91 Å². The van der Waals surface area contributed by atoms with E-state index in [0.717, 1.165) is 17.9 Å². The van der Waals surface area contributed by atoms with Crippen LogP contribution in [0.2, 0.25) is 0 Å². The quantitative estimate of drug-likeness (QED) is 0.704. The Morgan fingerprint density at radius 3 is 2.24 bits per heavy atom. The number of benzene rings is 2. The summed E-state index contributed by atoms with van der Waals surface area (Å²) in [4.78, 5) is 12.3. The summed E-state index contributed by atoms with van der Waals surface area (Å²) in [6.07, 6.45) is 1.10. The molecular weight excluding hydrogens is 314 g/mol. The number of hydrogen-bond donors (Lipinski definition) is 1. The van der Waals surface area contributed by atoms with Gasteiger partial charge >= 0.3 is 0 Å². The Morgan fingerprint density at radius 1 is 1.00 bits per heavy atom. The first-order valence-corrected chi connectivity index (χ1v) is 8.85. The molecule has 0 fully saturated rings. The molecule has 0 aliphatic carbocycles. The van der Waals surface area contributed by atoms with Crippen molar-refractivity contribution in [1.29, 1.82) is 0 Å². The normalized spacial score (nSPS) is 11.6. The molecule has 0 aliphatic rings. The van der Waals surface area contributed by atoms with Crippen LogP contribution >= 0.6 is 0 Å². The Bertz CT molecular complexity index is 650. The molecule has 4 heteroatoms. The molecular formula is C21H27NO3. The van der Waals surface area contributed by atoms with E-state index in [1.54, 1.807) is 0 Å². The van der Waals surface area contributed by atoms with Gasteiger partial charge in [0.15, 0.2) is 6.10 Å². The number of hydrogen-bond acceptors (Lipinski definition) is 3. The van der Waals surface area contributed by atoms with Gasteiger partial charge in [-0.05, 0) is 49.6 Å². The number of rotatable bonds is 9. The highest BCUT2D eigenvalue weighted by atomic mass is 16.5. The molecule has 2 aromatic rings. The Kier molecular flexibility index (Phi) is 7.33. The topological polar surface area (TPSA) is 47.6 Å². The summed E-state index contributed by atoms with van der Waals surface area (Å²) in [6, 6.07) is 15.7. The monoisotopic (exact) mass is 341 g/mol. The number of carbonyl (C=O) groups excluding carboxylic acids is 1. The lowest BCUT2D eigenvalue weighted by Crippen LogP contribution is -2.39. The molecule has 0 saturated heterocycles. The molecule has 1 atom stereocenters. The molecule has 1 N–H and O–H groups in total. The molecule has 0 heterocycles. The summed E-state index contributed by atoms with van der Waals surface area (Å²) in [5.41, 5.74) is 2.44. The molecule has 0 bridgehead atoms. The van der Waals surface area contributed by atoms with Gasteiger partial charge in [0.2, 0.25) is 0 Å². The Labute approximate surface area is 150 Å². The molecule has 2 rings (SSSR count). The SMILES string of the molecule is CCc1ccc(O[C@H](CC)C(=O)NCCOc2ccc(C)cc2)cc1. The van der Waals surface area contributed by atoms with Gasteiger partial charge in [0.1, 0.15) is 18.1 Å². The van der Waals surface area contributed by atoms with Crippen molar-refractivity contribution in [1.82, 2.24) is 5.32 Å². The zero-order valence-electron chi connectivity index (χ0n) is 15.2. The number of aryl methyl sites for hydroxylation is 2. The van der Waals surface area contributed by atoms with E-state index in [4.69, 9.17) is 9.47 Å². The average molecular weight is 341 g/mol. The van der Waals surface area contributed by atoms with Gasteiger partial charge < -0.3 is 14.8 Å². The maximum absolute atomic E-state index is 12.3. The molecule has 4 nitrogen and oxygen atoms in total. The molecule has 2 aromatic carbocycles. The fraction of sp³-hybridized carbons (Fsp3) is 0.381. The van der Waals surface area contributed by atoms with Crippen molar-refractivity contribution >= 4 is 5.91 Å². The van der Waals surface area contributed by atoms with Gasteiger partial charge in [0, 0.05) is 0 Å². The molecule has 25 heavy (non-hydrogen) atoms. The minimum absolute atomic E-state index is 0.116. The second kappa shape index (κ2) is 9.72. The van der Waals surface area contributed by atoms with Crippen molar-refractivity contribution in [3.63, 3.8) is 0 Å².